The van der Waals surface area contributed by atoms with Crippen molar-refractivity contribution in [1.29, 1.82) is 0 Å². The van der Waals surface area contributed by atoms with Crippen molar-refractivity contribution in [2.45, 2.75) is 70.8 Å². The van der Waals surface area contributed by atoms with E-state index in [1.54, 1.807) is 0 Å². The molecule has 6 heteroatoms. The van der Waals surface area contributed by atoms with Gasteiger partial charge in [0, 0.05) is 0 Å². The van der Waals surface area contributed by atoms with Gasteiger partial charge in [0.1, 0.15) is 0 Å². The van der Waals surface area contributed by atoms with Crippen LogP contribution in [0.15, 0.2) is 0 Å². The molecule has 2 N–H and O–H groups in total. The summed E-state index contributed by atoms with van der Waals surface area (Å²) in [6.45, 7) is 2.18. The summed E-state index contributed by atoms with van der Waals surface area (Å²) in [7, 11) is -3.87. The zero-order valence-corrected chi connectivity index (χ0v) is 11.6. The first-order chi connectivity index (χ1) is 7.95. The van der Waals surface area contributed by atoms with E-state index >= 15 is 0 Å². The first-order valence-electron chi connectivity index (χ1n) is 6.59. The van der Waals surface area contributed by atoms with Crippen molar-refractivity contribution in [2.24, 2.45) is 0 Å². The first kappa shape index (κ1) is 21.2. The van der Waals surface area contributed by atoms with Crippen LogP contribution in [0.25, 0.3) is 0 Å². The van der Waals surface area contributed by atoms with Gasteiger partial charge in [-0.05, 0) is 19.3 Å². The number of hydrogen-bond acceptors (Lipinski definition) is 3. The van der Waals surface area contributed by atoms with E-state index < -0.39 is 16.2 Å². The molecular formula is C12H27NaO4S. The van der Waals surface area contributed by atoms with Crippen molar-refractivity contribution in [3.63, 3.8) is 0 Å². The Balaban J connectivity index is 0. The van der Waals surface area contributed by atoms with Gasteiger partial charge in [0.15, 0.2) is 0 Å². The van der Waals surface area contributed by atoms with E-state index in [4.69, 9.17) is 4.55 Å². The normalized spacial score (nSPS) is 13.1. The molecular weight excluding hydrogens is 263 g/mol. The molecule has 0 aliphatic carbocycles. The first-order valence-corrected chi connectivity index (χ1v) is 8.20. The second-order valence-electron chi connectivity index (χ2n) is 4.64. The minimum absolute atomic E-state index is 0. The Labute approximate surface area is 134 Å². The molecule has 0 radical (unpaired) electrons. The van der Waals surface area contributed by atoms with E-state index in [1.165, 1.54) is 25.7 Å². The molecule has 0 heterocycles. The number of rotatable bonds is 11. The third-order valence-electron chi connectivity index (χ3n) is 2.83. The third kappa shape index (κ3) is 16.9. The van der Waals surface area contributed by atoms with E-state index in [-0.39, 0.29) is 35.3 Å². The maximum atomic E-state index is 10.4. The van der Waals surface area contributed by atoms with E-state index in [9.17, 15) is 13.5 Å². The molecule has 0 bridgehead atoms. The summed E-state index contributed by atoms with van der Waals surface area (Å²) >= 11 is 0. The van der Waals surface area contributed by atoms with Crippen LogP contribution in [0.1, 0.15) is 64.7 Å². The second-order valence-corrected chi connectivity index (χ2v) is 6.21. The van der Waals surface area contributed by atoms with Gasteiger partial charge < -0.3 is 5.11 Å². The number of aliphatic hydroxyl groups excluding tert-OH is 1. The summed E-state index contributed by atoms with van der Waals surface area (Å²) in [5.74, 6) is -0.249. The van der Waals surface area contributed by atoms with Crippen LogP contribution in [-0.2, 0) is 10.1 Å². The number of unbranched alkanes of at least 4 members (excludes halogenated alkanes) is 5. The Morgan fingerprint density at radius 1 is 0.944 bits per heavy atom. The zero-order chi connectivity index (χ0) is 13.1. The molecule has 0 aromatic heterocycles. The SMILES string of the molecule is CCCCCCCCC(O)CCCS(=O)(=O)O.[NaH]. The molecule has 0 amide bonds. The van der Waals surface area contributed by atoms with Crippen molar-refractivity contribution in [3.8, 4) is 0 Å². The summed E-state index contributed by atoms with van der Waals surface area (Å²) in [6, 6.07) is 0. The van der Waals surface area contributed by atoms with Gasteiger partial charge in [0.05, 0.1) is 11.9 Å². The predicted octanol–water partition coefficient (Wildman–Crippen LogP) is 2.12. The van der Waals surface area contributed by atoms with Gasteiger partial charge in [-0.15, -0.1) is 0 Å². The Kier molecular flexibility index (Phi) is 15.2. The molecule has 0 aliphatic heterocycles. The number of hydrogen-bond donors (Lipinski definition) is 2. The van der Waals surface area contributed by atoms with Gasteiger partial charge in [-0.25, -0.2) is 0 Å². The topological polar surface area (TPSA) is 74.6 Å². The van der Waals surface area contributed by atoms with Gasteiger partial charge in [-0.2, -0.15) is 8.42 Å². The molecule has 1 unspecified atom stereocenters. The van der Waals surface area contributed by atoms with Crippen LogP contribution < -0.4 is 0 Å². The molecule has 0 rings (SSSR count). The summed E-state index contributed by atoms with van der Waals surface area (Å²) in [5.41, 5.74) is 0. The van der Waals surface area contributed by atoms with Crippen molar-refractivity contribution < 1.29 is 18.1 Å². The van der Waals surface area contributed by atoms with Gasteiger partial charge in [-0.1, -0.05) is 45.4 Å². The molecule has 1 atom stereocenters. The molecule has 18 heavy (non-hydrogen) atoms. The fourth-order valence-electron chi connectivity index (χ4n) is 1.81. The minimum atomic E-state index is -3.87. The Bertz CT molecular complexity index is 267. The van der Waals surface area contributed by atoms with Crippen molar-refractivity contribution in [3.05, 3.63) is 0 Å². The van der Waals surface area contributed by atoms with Crippen molar-refractivity contribution in [1.82, 2.24) is 0 Å². The summed E-state index contributed by atoms with van der Waals surface area (Å²) in [6.07, 6.45) is 8.20. The molecule has 0 saturated heterocycles. The molecule has 4 nitrogen and oxygen atoms in total. The zero-order valence-electron chi connectivity index (χ0n) is 10.8. The quantitative estimate of drug-likeness (QED) is 0.347. The molecule has 0 spiro atoms. The van der Waals surface area contributed by atoms with Crippen LogP contribution >= 0.6 is 0 Å². The Morgan fingerprint density at radius 3 is 2.00 bits per heavy atom. The van der Waals surface area contributed by atoms with E-state index in [0.29, 0.717) is 12.8 Å². The Morgan fingerprint density at radius 2 is 1.44 bits per heavy atom. The predicted molar refractivity (Wildman–Crippen MR) is 76.8 cm³/mol. The van der Waals surface area contributed by atoms with Crippen LogP contribution in [0.5, 0.6) is 0 Å². The Hall–Kier alpha value is 0.870. The molecule has 0 aliphatic rings. The molecule has 0 fully saturated rings. The summed E-state index contributed by atoms with van der Waals surface area (Å²) < 4.78 is 29.4. The summed E-state index contributed by atoms with van der Waals surface area (Å²) in [5, 5.41) is 9.57. The van der Waals surface area contributed by atoms with Crippen molar-refractivity contribution in [2.75, 3.05) is 5.75 Å². The number of aliphatic hydroxyl groups is 1. The van der Waals surface area contributed by atoms with Gasteiger partial charge in [0.2, 0.25) is 0 Å². The van der Waals surface area contributed by atoms with Gasteiger partial charge in [0.25, 0.3) is 10.1 Å². The fourth-order valence-corrected chi connectivity index (χ4v) is 2.34. The van der Waals surface area contributed by atoms with Crippen LogP contribution in [0.4, 0.5) is 0 Å². The molecule has 0 saturated carbocycles. The average molecular weight is 290 g/mol. The van der Waals surface area contributed by atoms with Crippen LogP contribution in [0.3, 0.4) is 0 Å². The molecule has 106 valence electrons. The van der Waals surface area contributed by atoms with Crippen LogP contribution in [-0.4, -0.2) is 59.5 Å². The van der Waals surface area contributed by atoms with Crippen LogP contribution in [0, 0.1) is 0 Å². The van der Waals surface area contributed by atoms with E-state index in [1.807, 2.05) is 0 Å². The van der Waals surface area contributed by atoms with E-state index in [0.717, 1.165) is 19.3 Å². The second kappa shape index (κ2) is 12.9. The maximum absolute atomic E-state index is 10.4. The van der Waals surface area contributed by atoms with Crippen LogP contribution in [0.2, 0.25) is 0 Å². The molecule has 0 aromatic carbocycles. The van der Waals surface area contributed by atoms with Crippen molar-refractivity contribution >= 4 is 39.7 Å². The standard InChI is InChI=1S/C12H26O4S.Na.H/c1-2-3-4-5-6-7-9-12(13)10-8-11-17(14,15)16;;/h12-13H,2-11H2,1H3,(H,14,15,16);;. The monoisotopic (exact) mass is 290 g/mol. The fraction of sp³-hybridized carbons (Fsp3) is 1.00. The van der Waals surface area contributed by atoms with Gasteiger partial charge >= 0.3 is 29.6 Å². The third-order valence-corrected chi connectivity index (χ3v) is 3.64. The summed E-state index contributed by atoms with van der Waals surface area (Å²) in [4.78, 5) is 0. The van der Waals surface area contributed by atoms with E-state index in [2.05, 4.69) is 6.92 Å². The van der Waals surface area contributed by atoms with Gasteiger partial charge in [-0.3, -0.25) is 4.55 Å². The molecule has 0 aromatic rings. The average Bonchev–Trinajstić information content (AvgIpc) is 2.21.